The van der Waals surface area contributed by atoms with Crippen molar-refractivity contribution >= 4 is 27.7 Å². The molecular formula is C10H18BrN5. The van der Waals surface area contributed by atoms with Crippen LogP contribution in [0, 0.1) is 0 Å². The molecular weight excluding hydrogens is 270 g/mol. The predicted octanol–water partition coefficient (Wildman–Crippen LogP) is 1.57. The Morgan fingerprint density at radius 2 is 2.06 bits per heavy atom. The van der Waals surface area contributed by atoms with E-state index in [4.69, 9.17) is 5.73 Å². The highest BCUT2D eigenvalue weighted by atomic mass is 79.9. The van der Waals surface area contributed by atoms with Gasteiger partial charge in [-0.3, -0.25) is 0 Å². The first-order valence-electron chi connectivity index (χ1n) is 5.42. The highest BCUT2D eigenvalue weighted by molar-refractivity contribution is 9.10. The Hall–Kier alpha value is -0.880. The average Bonchev–Trinajstić information content (AvgIpc) is 2.23. The Labute approximate surface area is 105 Å². The van der Waals surface area contributed by atoms with Crippen molar-refractivity contribution in [3.8, 4) is 0 Å². The maximum Gasteiger partial charge on any atom is 0.225 e. The third kappa shape index (κ3) is 4.32. The number of nitrogens with zero attached hydrogens (tertiary/aromatic N) is 3. The molecule has 0 fully saturated rings. The lowest BCUT2D eigenvalue weighted by Crippen LogP contribution is -2.29. The number of hydrogen-bond donors (Lipinski definition) is 2. The molecule has 3 N–H and O–H groups in total. The van der Waals surface area contributed by atoms with E-state index in [2.05, 4.69) is 50.0 Å². The minimum Gasteiger partial charge on any atom is -0.383 e. The van der Waals surface area contributed by atoms with E-state index in [0.29, 0.717) is 16.4 Å². The van der Waals surface area contributed by atoms with Crippen molar-refractivity contribution in [2.75, 3.05) is 37.2 Å². The SMILES string of the molecule is CCN(CC)CCNc1nc(N)cc(Br)n1. The van der Waals surface area contributed by atoms with Crippen molar-refractivity contribution in [1.29, 1.82) is 0 Å². The number of likely N-dealkylation sites (N-methyl/N-ethyl adjacent to an activating group) is 1. The summed E-state index contributed by atoms with van der Waals surface area (Å²) in [5, 5.41) is 3.15. The molecule has 16 heavy (non-hydrogen) atoms. The van der Waals surface area contributed by atoms with E-state index < -0.39 is 0 Å². The molecule has 0 aliphatic heterocycles. The van der Waals surface area contributed by atoms with E-state index >= 15 is 0 Å². The van der Waals surface area contributed by atoms with E-state index in [9.17, 15) is 0 Å². The highest BCUT2D eigenvalue weighted by Gasteiger charge is 2.01. The fraction of sp³-hybridized carbons (Fsp3) is 0.600. The number of halogens is 1. The zero-order chi connectivity index (χ0) is 12.0. The van der Waals surface area contributed by atoms with Crippen LogP contribution < -0.4 is 11.1 Å². The van der Waals surface area contributed by atoms with E-state index in [-0.39, 0.29) is 0 Å². The Morgan fingerprint density at radius 1 is 1.38 bits per heavy atom. The molecule has 0 saturated carbocycles. The standard InChI is InChI=1S/C10H18BrN5/c1-3-16(4-2)6-5-13-10-14-8(11)7-9(12)15-10/h7H,3-6H2,1-2H3,(H3,12,13,14,15). The second kappa shape index (κ2) is 6.65. The smallest absolute Gasteiger partial charge is 0.225 e. The van der Waals surface area contributed by atoms with Crippen molar-refractivity contribution in [2.45, 2.75) is 13.8 Å². The van der Waals surface area contributed by atoms with Crippen molar-refractivity contribution in [3.05, 3.63) is 10.7 Å². The van der Waals surface area contributed by atoms with Crippen molar-refractivity contribution in [2.24, 2.45) is 0 Å². The topological polar surface area (TPSA) is 67.1 Å². The van der Waals surface area contributed by atoms with Gasteiger partial charge in [-0.05, 0) is 29.0 Å². The van der Waals surface area contributed by atoms with Crippen LogP contribution in [0.2, 0.25) is 0 Å². The van der Waals surface area contributed by atoms with Gasteiger partial charge in [-0.15, -0.1) is 0 Å². The van der Waals surface area contributed by atoms with Gasteiger partial charge in [-0.1, -0.05) is 13.8 Å². The second-order valence-corrected chi connectivity index (χ2v) is 4.21. The molecule has 1 aromatic heterocycles. The number of nitrogen functional groups attached to an aromatic ring is 1. The van der Waals surface area contributed by atoms with Gasteiger partial charge in [-0.2, -0.15) is 4.98 Å². The highest BCUT2D eigenvalue weighted by Crippen LogP contribution is 2.11. The average molecular weight is 288 g/mol. The summed E-state index contributed by atoms with van der Waals surface area (Å²) < 4.78 is 0.699. The molecule has 0 amide bonds. The molecule has 1 rings (SSSR count). The lowest BCUT2D eigenvalue weighted by Gasteiger charge is -2.17. The van der Waals surface area contributed by atoms with Gasteiger partial charge in [0.1, 0.15) is 10.4 Å². The Balaban J connectivity index is 2.42. The molecule has 5 nitrogen and oxygen atoms in total. The molecule has 0 aromatic carbocycles. The van der Waals surface area contributed by atoms with Crippen molar-refractivity contribution < 1.29 is 0 Å². The molecule has 0 aliphatic rings. The summed E-state index contributed by atoms with van der Waals surface area (Å²) in [7, 11) is 0. The summed E-state index contributed by atoms with van der Waals surface area (Å²) in [6, 6.07) is 1.68. The fourth-order valence-corrected chi connectivity index (χ4v) is 1.78. The van der Waals surface area contributed by atoms with Crippen molar-refractivity contribution in [1.82, 2.24) is 14.9 Å². The Kier molecular flexibility index (Phi) is 5.48. The van der Waals surface area contributed by atoms with Crippen LogP contribution in [0.1, 0.15) is 13.8 Å². The molecule has 6 heteroatoms. The van der Waals surface area contributed by atoms with Crippen LogP contribution in [0.25, 0.3) is 0 Å². The van der Waals surface area contributed by atoms with Crippen LogP contribution in [-0.2, 0) is 0 Å². The first kappa shape index (κ1) is 13.2. The molecule has 0 spiro atoms. The van der Waals surface area contributed by atoms with Crippen LogP contribution in [0.5, 0.6) is 0 Å². The predicted molar refractivity (Wildman–Crippen MR) is 70.4 cm³/mol. The van der Waals surface area contributed by atoms with Gasteiger partial charge in [0.05, 0.1) is 0 Å². The summed E-state index contributed by atoms with van der Waals surface area (Å²) in [6.45, 7) is 8.20. The summed E-state index contributed by atoms with van der Waals surface area (Å²) in [6.07, 6.45) is 0. The Morgan fingerprint density at radius 3 is 2.62 bits per heavy atom. The molecule has 0 unspecified atom stereocenters. The third-order valence-corrected chi connectivity index (χ3v) is 2.73. The molecule has 0 atom stereocenters. The number of nitrogens with one attached hydrogen (secondary N) is 1. The van der Waals surface area contributed by atoms with Crippen LogP contribution in [0.4, 0.5) is 11.8 Å². The number of rotatable bonds is 6. The fourth-order valence-electron chi connectivity index (χ4n) is 1.38. The maximum atomic E-state index is 5.61. The molecule has 0 bridgehead atoms. The maximum absolute atomic E-state index is 5.61. The van der Waals surface area contributed by atoms with Gasteiger partial charge in [0.25, 0.3) is 0 Å². The second-order valence-electron chi connectivity index (χ2n) is 3.39. The summed E-state index contributed by atoms with van der Waals surface area (Å²) in [5.41, 5.74) is 5.61. The third-order valence-electron chi connectivity index (χ3n) is 2.32. The lowest BCUT2D eigenvalue weighted by molar-refractivity contribution is 0.316. The van der Waals surface area contributed by atoms with Gasteiger partial charge >= 0.3 is 0 Å². The van der Waals surface area contributed by atoms with Gasteiger partial charge < -0.3 is 16.0 Å². The Bertz CT molecular complexity index is 307. The van der Waals surface area contributed by atoms with Crippen molar-refractivity contribution in [3.63, 3.8) is 0 Å². The van der Waals surface area contributed by atoms with Crippen LogP contribution >= 0.6 is 15.9 Å². The van der Waals surface area contributed by atoms with Crippen LogP contribution in [0.15, 0.2) is 10.7 Å². The van der Waals surface area contributed by atoms with Crippen LogP contribution in [0.3, 0.4) is 0 Å². The number of nitrogens with two attached hydrogens (primary N) is 1. The largest absolute Gasteiger partial charge is 0.383 e. The first-order valence-corrected chi connectivity index (χ1v) is 6.21. The normalized spacial score (nSPS) is 10.8. The number of aromatic nitrogens is 2. The van der Waals surface area contributed by atoms with Gasteiger partial charge in [0, 0.05) is 19.2 Å². The van der Waals surface area contributed by atoms with Gasteiger partial charge in [0.2, 0.25) is 5.95 Å². The van der Waals surface area contributed by atoms with Gasteiger partial charge in [0.15, 0.2) is 0 Å². The summed E-state index contributed by atoms with van der Waals surface area (Å²) in [4.78, 5) is 10.6. The number of anilines is 2. The summed E-state index contributed by atoms with van der Waals surface area (Å²) in [5.74, 6) is 1.03. The van der Waals surface area contributed by atoms with E-state index in [0.717, 1.165) is 26.2 Å². The molecule has 1 aromatic rings. The van der Waals surface area contributed by atoms with E-state index in [1.165, 1.54) is 0 Å². The van der Waals surface area contributed by atoms with E-state index in [1.54, 1.807) is 6.07 Å². The minimum atomic E-state index is 0.465. The molecule has 0 aliphatic carbocycles. The monoisotopic (exact) mass is 287 g/mol. The molecule has 90 valence electrons. The van der Waals surface area contributed by atoms with E-state index in [1.807, 2.05) is 0 Å². The van der Waals surface area contributed by atoms with Crippen LogP contribution in [-0.4, -0.2) is 41.0 Å². The zero-order valence-corrected chi connectivity index (χ0v) is 11.3. The van der Waals surface area contributed by atoms with Gasteiger partial charge in [-0.25, -0.2) is 4.98 Å². The number of hydrogen-bond acceptors (Lipinski definition) is 5. The molecule has 0 saturated heterocycles. The molecule has 1 heterocycles. The lowest BCUT2D eigenvalue weighted by atomic mass is 10.4. The molecule has 0 radical (unpaired) electrons. The summed E-state index contributed by atoms with van der Waals surface area (Å²) >= 11 is 3.28. The first-order chi connectivity index (χ1) is 7.65. The minimum absolute atomic E-state index is 0.465. The zero-order valence-electron chi connectivity index (χ0n) is 9.70. The quantitative estimate of drug-likeness (QED) is 0.778.